The third-order valence-corrected chi connectivity index (χ3v) is 6.11. The van der Waals surface area contributed by atoms with Gasteiger partial charge >= 0.3 is 12.2 Å². The number of rotatable bonds is 3. The molecule has 0 atom stereocenters. The lowest BCUT2D eigenvalue weighted by atomic mass is 9.98. The van der Waals surface area contributed by atoms with Crippen molar-refractivity contribution in [3.8, 4) is 0 Å². The van der Waals surface area contributed by atoms with E-state index in [9.17, 15) is 9.59 Å². The van der Waals surface area contributed by atoms with Gasteiger partial charge in [-0.15, -0.1) is 0 Å². The van der Waals surface area contributed by atoms with Gasteiger partial charge in [0, 0.05) is 5.69 Å². The van der Waals surface area contributed by atoms with E-state index in [1.54, 1.807) is 4.90 Å². The first kappa shape index (κ1) is 23.1. The molecule has 2 aromatic rings. The lowest BCUT2D eigenvalue weighted by molar-refractivity contribution is 0.0865. The molecule has 2 amide bonds. The summed E-state index contributed by atoms with van der Waals surface area (Å²) in [6, 6.07) is 13.6. The monoisotopic (exact) mass is 450 g/mol. The van der Waals surface area contributed by atoms with Gasteiger partial charge in [-0.25, -0.2) is 14.5 Å². The Balaban J connectivity index is 1.60. The second-order valence-corrected chi connectivity index (χ2v) is 10.2. The molecule has 0 radical (unpaired) electrons. The van der Waals surface area contributed by atoms with E-state index in [0.29, 0.717) is 12.3 Å². The Morgan fingerprint density at radius 2 is 1.67 bits per heavy atom. The molecular formula is C27H34N2O4. The van der Waals surface area contributed by atoms with E-state index in [0.717, 1.165) is 61.0 Å². The molecule has 0 spiro atoms. The highest BCUT2D eigenvalue weighted by molar-refractivity contribution is 5.99. The molecule has 0 bridgehead atoms. The van der Waals surface area contributed by atoms with Gasteiger partial charge in [0.2, 0.25) is 0 Å². The molecule has 0 aromatic heterocycles. The summed E-state index contributed by atoms with van der Waals surface area (Å²) in [5.74, 6) is 0. The average Bonchev–Trinajstić information content (AvgIpc) is 2.94. The normalized spacial score (nSPS) is 16.3. The number of nitrogens with one attached hydrogen (secondary N) is 1. The SMILES string of the molecule is CC(C)(C)COC(=O)N1c2ccccc2CCc2ccc(NC(=O)OC3CCCCC3)cc21. The third kappa shape index (κ3) is 5.86. The molecule has 0 saturated heterocycles. The van der Waals surface area contributed by atoms with Crippen LogP contribution in [0, 0.1) is 5.41 Å². The second kappa shape index (κ2) is 9.86. The van der Waals surface area contributed by atoms with Crippen LogP contribution in [0.5, 0.6) is 0 Å². The predicted molar refractivity (Wildman–Crippen MR) is 130 cm³/mol. The molecule has 4 rings (SSSR count). The van der Waals surface area contributed by atoms with Gasteiger partial charge in [-0.1, -0.05) is 51.5 Å². The van der Waals surface area contributed by atoms with Crippen LogP contribution in [0.25, 0.3) is 0 Å². The maximum absolute atomic E-state index is 13.3. The Bertz CT molecular complexity index is 1010. The summed E-state index contributed by atoms with van der Waals surface area (Å²) in [4.78, 5) is 27.5. The summed E-state index contributed by atoms with van der Waals surface area (Å²) in [6.07, 6.45) is 5.98. The molecule has 1 heterocycles. The smallest absolute Gasteiger partial charge is 0.418 e. The molecule has 1 N–H and O–H groups in total. The van der Waals surface area contributed by atoms with Crippen molar-refractivity contribution in [2.24, 2.45) is 5.41 Å². The zero-order valence-corrected chi connectivity index (χ0v) is 19.9. The van der Waals surface area contributed by atoms with Crippen molar-refractivity contribution in [1.82, 2.24) is 0 Å². The summed E-state index contributed by atoms with van der Waals surface area (Å²) < 4.78 is 11.3. The number of para-hydroxylation sites is 1. The fourth-order valence-corrected chi connectivity index (χ4v) is 4.42. The molecule has 1 aliphatic carbocycles. The van der Waals surface area contributed by atoms with Gasteiger partial charge < -0.3 is 9.47 Å². The number of hydrogen-bond donors (Lipinski definition) is 1. The fourth-order valence-electron chi connectivity index (χ4n) is 4.42. The molecule has 6 heteroatoms. The zero-order chi connectivity index (χ0) is 23.4. The maximum atomic E-state index is 13.3. The number of benzene rings is 2. The van der Waals surface area contributed by atoms with Crippen LogP contribution in [0.1, 0.15) is 64.0 Å². The summed E-state index contributed by atoms with van der Waals surface area (Å²) in [7, 11) is 0. The number of nitrogens with zero attached hydrogens (tertiary/aromatic N) is 1. The van der Waals surface area contributed by atoms with E-state index in [2.05, 4.69) is 5.32 Å². The summed E-state index contributed by atoms with van der Waals surface area (Å²) in [5.41, 5.74) is 4.13. The minimum absolute atomic E-state index is 0.0182. The van der Waals surface area contributed by atoms with Crippen LogP contribution in [-0.2, 0) is 22.3 Å². The second-order valence-electron chi connectivity index (χ2n) is 10.2. The summed E-state index contributed by atoms with van der Waals surface area (Å²) >= 11 is 0. The zero-order valence-electron chi connectivity index (χ0n) is 19.9. The van der Waals surface area contributed by atoms with E-state index in [1.165, 1.54) is 6.42 Å². The number of aryl methyl sites for hydroxylation is 2. The average molecular weight is 451 g/mol. The Kier molecular flexibility index (Phi) is 6.91. The first-order valence-electron chi connectivity index (χ1n) is 12.0. The highest BCUT2D eigenvalue weighted by atomic mass is 16.6. The molecule has 2 aromatic carbocycles. The van der Waals surface area contributed by atoms with Crippen LogP contribution in [-0.4, -0.2) is 24.9 Å². The van der Waals surface area contributed by atoms with Crippen LogP contribution in [0.3, 0.4) is 0 Å². The predicted octanol–water partition coefficient (Wildman–Crippen LogP) is 6.99. The largest absolute Gasteiger partial charge is 0.448 e. The van der Waals surface area contributed by atoms with Gasteiger partial charge in [0.05, 0.1) is 18.0 Å². The third-order valence-electron chi connectivity index (χ3n) is 6.11. The molecule has 1 fully saturated rings. The first-order chi connectivity index (χ1) is 15.8. The highest BCUT2D eigenvalue weighted by Crippen LogP contribution is 2.38. The van der Waals surface area contributed by atoms with Crippen LogP contribution in [0.15, 0.2) is 42.5 Å². The van der Waals surface area contributed by atoms with Crippen molar-refractivity contribution < 1.29 is 19.1 Å². The van der Waals surface area contributed by atoms with Crippen molar-refractivity contribution in [1.29, 1.82) is 0 Å². The van der Waals surface area contributed by atoms with Crippen molar-refractivity contribution in [3.63, 3.8) is 0 Å². The first-order valence-corrected chi connectivity index (χ1v) is 12.0. The molecule has 1 aliphatic heterocycles. The topological polar surface area (TPSA) is 67.9 Å². The number of anilines is 3. The van der Waals surface area contributed by atoms with Crippen molar-refractivity contribution in [3.05, 3.63) is 53.6 Å². The van der Waals surface area contributed by atoms with Crippen molar-refractivity contribution >= 4 is 29.2 Å². The van der Waals surface area contributed by atoms with Gasteiger partial charge in [-0.3, -0.25) is 5.32 Å². The quantitative estimate of drug-likeness (QED) is 0.547. The van der Waals surface area contributed by atoms with E-state index >= 15 is 0 Å². The Morgan fingerprint density at radius 3 is 2.39 bits per heavy atom. The van der Waals surface area contributed by atoms with E-state index in [-0.39, 0.29) is 11.5 Å². The summed E-state index contributed by atoms with van der Waals surface area (Å²) in [6.45, 7) is 6.41. The van der Waals surface area contributed by atoms with Crippen LogP contribution >= 0.6 is 0 Å². The number of fused-ring (bicyclic) bond motifs is 2. The van der Waals surface area contributed by atoms with Gasteiger partial charge in [-0.05, 0) is 73.3 Å². The Labute approximate surface area is 196 Å². The summed E-state index contributed by atoms with van der Waals surface area (Å²) in [5, 5.41) is 2.86. The van der Waals surface area contributed by atoms with Gasteiger partial charge in [0.15, 0.2) is 0 Å². The molecule has 176 valence electrons. The van der Waals surface area contributed by atoms with E-state index in [1.807, 2.05) is 63.2 Å². The standard InChI is InChI=1S/C27H34N2O4/c1-27(2,3)18-32-26(31)29-23-12-8-7-9-19(23)13-14-20-15-16-21(17-24(20)29)28-25(30)33-22-10-5-4-6-11-22/h7-9,12,15-17,22H,4-6,10-11,13-14,18H2,1-3H3,(H,28,30). The van der Waals surface area contributed by atoms with E-state index < -0.39 is 12.2 Å². The minimum atomic E-state index is -0.447. The highest BCUT2D eigenvalue weighted by Gasteiger charge is 2.29. The van der Waals surface area contributed by atoms with Crippen LogP contribution in [0.2, 0.25) is 0 Å². The van der Waals surface area contributed by atoms with E-state index in [4.69, 9.17) is 9.47 Å². The molecule has 2 aliphatic rings. The van der Waals surface area contributed by atoms with Crippen molar-refractivity contribution in [2.45, 2.75) is 71.8 Å². The molecule has 0 unspecified atom stereocenters. The molecule has 1 saturated carbocycles. The van der Waals surface area contributed by atoms with Gasteiger partial charge in [-0.2, -0.15) is 0 Å². The van der Waals surface area contributed by atoms with Gasteiger partial charge in [0.25, 0.3) is 0 Å². The Hall–Kier alpha value is -3.02. The lowest BCUT2D eigenvalue weighted by Gasteiger charge is -2.27. The number of carbonyl (C=O) groups is 2. The molecule has 6 nitrogen and oxygen atoms in total. The number of amides is 2. The van der Waals surface area contributed by atoms with Crippen molar-refractivity contribution in [2.75, 3.05) is 16.8 Å². The van der Waals surface area contributed by atoms with Crippen LogP contribution in [0.4, 0.5) is 26.7 Å². The minimum Gasteiger partial charge on any atom is -0.448 e. The maximum Gasteiger partial charge on any atom is 0.418 e. The lowest BCUT2D eigenvalue weighted by Crippen LogP contribution is -2.30. The number of hydrogen-bond acceptors (Lipinski definition) is 4. The fraction of sp³-hybridized carbons (Fsp3) is 0.481. The Morgan fingerprint density at radius 1 is 0.970 bits per heavy atom. The molecule has 33 heavy (non-hydrogen) atoms. The van der Waals surface area contributed by atoms with Crippen LogP contribution < -0.4 is 10.2 Å². The number of carbonyl (C=O) groups excluding carboxylic acids is 2. The molecular weight excluding hydrogens is 416 g/mol. The van der Waals surface area contributed by atoms with Gasteiger partial charge in [0.1, 0.15) is 6.10 Å². The number of ether oxygens (including phenoxy) is 2.